The van der Waals surface area contributed by atoms with Gasteiger partial charge in [-0.3, -0.25) is 9.59 Å². The summed E-state index contributed by atoms with van der Waals surface area (Å²) in [6.45, 7) is 8.43. The Kier molecular flexibility index (Phi) is 7.93. The first kappa shape index (κ1) is 23.8. The molecule has 2 N–H and O–H groups in total. The minimum absolute atomic E-state index is 0.0711. The molecule has 0 unspecified atom stereocenters. The van der Waals surface area contributed by atoms with Gasteiger partial charge in [0.1, 0.15) is 5.82 Å². The van der Waals surface area contributed by atoms with Gasteiger partial charge in [-0.15, -0.1) is 10.2 Å². The highest BCUT2D eigenvalue weighted by molar-refractivity contribution is 7.99. The van der Waals surface area contributed by atoms with Crippen molar-refractivity contribution in [2.75, 3.05) is 16.4 Å². The van der Waals surface area contributed by atoms with Crippen LogP contribution in [0.3, 0.4) is 0 Å². The number of carbonyl (C=O) groups excluding carboxylic acids is 2. The average Bonchev–Trinajstić information content (AvgIpc) is 3.09. The van der Waals surface area contributed by atoms with Gasteiger partial charge < -0.3 is 15.2 Å². The summed E-state index contributed by atoms with van der Waals surface area (Å²) in [5.74, 6) is 0.400. The number of amides is 2. The number of nitrogens with one attached hydrogen (secondary N) is 2. The van der Waals surface area contributed by atoms with Crippen molar-refractivity contribution in [1.82, 2.24) is 14.8 Å². The highest BCUT2D eigenvalue weighted by Crippen LogP contribution is 2.21. The van der Waals surface area contributed by atoms with Crippen LogP contribution in [-0.4, -0.2) is 32.3 Å². The zero-order valence-corrected chi connectivity index (χ0v) is 20.1. The number of hydrogen-bond donors (Lipinski definition) is 2. The number of aryl methyl sites for hydroxylation is 3. The van der Waals surface area contributed by atoms with Gasteiger partial charge in [0.05, 0.1) is 12.2 Å². The van der Waals surface area contributed by atoms with Crippen LogP contribution >= 0.6 is 23.4 Å². The Bertz CT molecular complexity index is 1130. The molecule has 0 saturated heterocycles. The molecular weight excluding hydrogens is 446 g/mol. The maximum absolute atomic E-state index is 12.5. The van der Waals surface area contributed by atoms with Crippen LogP contribution in [0, 0.1) is 20.8 Å². The lowest BCUT2D eigenvalue weighted by Gasteiger charge is -2.09. The summed E-state index contributed by atoms with van der Waals surface area (Å²) in [5, 5.41) is 15.3. The highest BCUT2D eigenvalue weighted by atomic mass is 35.5. The average molecular weight is 472 g/mol. The molecule has 3 aromatic rings. The molecule has 7 nitrogen and oxygen atoms in total. The Balaban J connectivity index is 1.59. The first-order valence-electron chi connectivity index (χ1n) is 10.2. The van der Waals surface area contributed by atoms with Crippen LogP contribution in [0.15, 0.2) is 41.6 Å². The molecule has 0 aliphatic carbocycles. The number of carbonyl (C=O) groups is 2. The summed E-state index contributed by atoms with van der Waals surface area (Å²) in [6.07, 6.45) is 0.0711. The van der Waals surface area contributed by atoms with E-state index in [2.05, 4.69) is 26.9 Å². The lowest BCUT2D eigenvalue weighted by molar-refractivity contribution is -0.116. The molecule has 2 amide bonds. The number of benzene rings is 2. The molecule has 0 spiro atoms. The minimum Gasteiger partial charge on any atom is -0.326 e. The third-order valence-electron chi connectivity index (χ3n) is 4.72. The van der Waals surface area contributed by atoms with Crippen molar-refractivity contribution in [3.05, 3.63) is 63.9 Å². The third kappa shape index (κ3) is 6.34. The maximum Gasteiger partial charge on any atom is 0.234 e. The number of anilines is 2. The molecule has 1 heterocycles. The van der Waals surface area contributed by atoms with Crippen molar-refractivity contribution in [3.63, 3.8) is 0 Å². The lowest BCUT2D eigenvalue weighted by atomic mass is 10.1. The van der Waals surface area contributed by atoms with Crippen molar-refractivity contribution in [1.29, 1.82) is 0 Å². The molecule has 0 aliphatic heterocycles. The zero-order chi connectivity index (χ0) is 23.3. The Morgan fingerprint density at radius 1 is 0.969 bits per heavy atom. The second-order valence-electron chi connectivity index (χ2n) is 7.55. The van der Waals surface area contributed by atoms with Gasteiger partial charge in [0.2, 0.25) is 11.8 Å². The fourth-order valence-corrected chi connectivity index (χ4v) is 4.27. The molecule has 1 aromatic heterocycles. The van der Waals surface area contributed by atoms with E-state index in [4.69, 9.17) is 11.6 Å². The summed E-state index contributed by atoms with van der Waals surface area (Å²) in [5.41, 5.74) is 4.53. The van der Waals surface area contributed by atoms with Gasteiger partial charge >= 0.3 is 0 Å². The minimum atomic E-state index is -0.212. The van der Waals surface area contributed by atoms with Crippen molar-refractivity contribution in [3.8, 4) is 0 Å². The quantitative estimate of drug-likeness (QED) is 0.461. The smallest absolute Gasteiger partial charge is 0.234 e. The topological polar surface area (TPSA) is 88.9 Å². The first-order valence-corrected chi connectivity index (χ1v) is 11.6. The summed E-state index contributed by atoms with van der Waals surface area (Å²) in [6, 6.07) is 11.3. The number of aromatic nitrogens is 3. The highest BCUT2D eigenvalue weighted by Gasteiger charge is 2.16. The van der Waals surface area contributed by atoms with E-state index in [0.29, 0.717) is 28.2 Å². The maximum atomic E-state index is 12.5. The number of rotatable bonds is 8. The Labute approximate surface area is 197 Å². The predicted molar refractivity (Wildman–Crippen MR) is 129 cm³/mol. The molecule has 0 radical (unpaired) electrons. The van der Waals surface area contributed by atoms with Gasteiger partial charge in [-0.2, -0.15) is 0 Å². The van der Waals surface area contributed by atoms with E-state index in [0.717, 1.165) is 22.4 Å². The third-order valence-corrected chi connectivity index (χ3v) is 6.10. The molecule has 9 heteroatoms. The molecule has 0 fully saturated rings. The van der Waals surface area contributed by atoms with Gasteiger partial charge in [0.25, 0.3) is 0 Å². The van der Waals surface area contributed by atoms with Gasteiger partial charge in [-0.25, -0.2) is 0 Å². The van der Waals surface area contributed by atoms with Crippen LogP contribution in [0.5, 0.6) is 0 Å². The fourth-order valence-electron chi connectivity index (χ4n) is 3.27. The van der Waals surface area contributed by atoms with E-state index >= 15 is 0 Å². The number of hydrogen-bond acceptors (Lipinski definition) is 5. The Morgan fingerprint density at radius 3 is 2.31 bits per heavy atom. The van der Waals surface area contributed by atoms with E-state index in [1.165, 1.54) is 11.8 Å². The Morgan fingerprint density at radius 2 is 1.66 bits per heavy atom. The van der Waals surface area contributed by atoms with Crippen molar-refractivity contribution >= 4 is 46.6 Å². The van der Waals surface area contributed by atoms with Gasteiger partial charge in [0.15, 0.2) is 5.16 Å². The van der Waals surface area contributed by atoms with E-state index in [1.54, 1.807) is 12.1 Å². The molecular formula is C23H26ClN5O2S. The Hall–Kier alpha value is -2.84. The molecule has 0 saturated carbocycles. The largest absolute Gasteiger partial charge is 0.326 e. The molecule has 0 aliphatic rings. The van der Waals surface area contributed by atoms with Gasteiger partial charge in [0, 0.05) is 22.9 Å². The summed E-state index contributed by atoms with van der Waals surface area (Å²) >= 11 is 7.41. The predicted octanol–water partition coefficient (Wildman–Crippen LogP) is 4.79. The molecule has 0 atom stereocenters. The number of thioether (sulfide) groups is 1. The lowest BCUT2D eigenvalue weighted by Crippen LogP contribution is -2.18. The number of nitrogens with zero attached hydrogens (tertiary/aromatic N) is 3. The van der Waals surface area contributed by atoms with E-state index in [9.17, 15) is 9.59 Å². The standard InChI is InChI=1S/C23H26ClN5O2S/c1-5-29-20(12-21(30)25-17-7-6-16(4)19(24)11-17)27-28-23(29)32-13-22(31)26-18-9-14(2)8-15(3)10-18/h6-11H,5,12-13H2,1-4H3,(H,25,30)(H,26,31). The second kappa shape index (κ2) is 10.7. The molecule has 0 bridgehead atoms. The van der Waals surface area contributed by atoms with E-state index in [-0.39, 0.29) is 24.0 Å². The first-order chi connectivity index (χ1) is 15.2. The van der Waals surface area contributed by atoms with Crippen LogP contribution in [0.1, 0.15) is 29.4 Å². The van der Waals surface area contributed by atoms with Crippen molar-refractivity contribution < 1.29 is 9.59 Å². The molecule has 3 rings (SSSR count). The normalized spacial score (nSPS) is 10.8. The zero-order valence-electron chi connectivity index (χ0n) is 18.5. The van der Waals surface area contributed by atoms with Crippen molar-refractivity contribution in [2.24, 2.45) is 0 Å². The van der Waals surface area contributed by atoms with Crippen LogP contribution in [-0.2, 0) is 22.6 Å². The monoisotopic (exact) mass is 471 g/mol. The number of halogens is 1. The van der Waals surface area contributed by atoms with Crippen molar-refractivity contribution in [2.45, 2.75) is 45.8 Å². The van der Waals surface area contributed by atoms with Crippen LogP contribution in [0.25, 0.3) is 0 Å². The fraction of sp³-hybridized carbons (Fsp3) is 0.304. The van der Waals surface area contributed by atoms with Crippen LogP contribution in [0.4, 0.5) is 11.4 Å². The van der Waals surface area contributed by atoms with Crippen LogP contribution in [0.2, 0.25) is 5.02 Å². The molecule has 2 aromatic carbocycles. The molecule has 168 valence electrons. The molecule has 32 heavy (non-hydrogen) atoms. The summed E-state index contributed by atoms with van der Waals surface area (Å²) in [4.78, 5) is 24.9. The van der Waals surface area contributed by atoms with Gasteiger partial charge in [-0.1, -0.05) is 35.5 Å². The summed E-state index contributed by atoms with van der Waals surface area (Å²) < 4.78 is 1.84. The van der Waals surface area contributed by atoms with E-state index in [1.807, 2.05) is 50.5 Å². The van der Waals surface area contributed by atoms with E-state index < -0.39 is 0 Å². The SMILES string of the molecule is CCn1c(CC(=O)Nc2ccc(C)c(Cl)c2)nnc1SCC(=O)Nc1cc(C)cc(C)c1. The van der Waals surface area contributed by atoms with Crippen LogP contribution < -0.4 is 10.6 Å². The second-order valence-corrected chi connectivity index (χ2v) is 8.89. The summed E-state index contributed by atoms with van der Waals surface area (Å²) in [7, 11) is 0. The van der Waals surface area contributed by atoms with Gasteiger partial charge in [-0.05, 0) is 68.7 Å².